The van der Waals surface area contributed by atoms with Gasteiger partial charge in [0.25, 0.3) is 0 Å². The zero-order valence-electron chi connectivity index (χ0n) is 16.4. The highest BCUT2D eigenvalue weighted by Crippen LogP contribution is 2.31. The number of rotatable bonds is 3. The third-order valence-electron chi connectivity index (χ3n) is 6.47. The summed E-state index contributed by atoms with van der Waals surface area (Å²) in [5, 5.41) is 3.36. The summed E-state index contributed by atoms with van der Waals surface area (Å²) in [5.41, 5.74) is 6.41. The first-order valence-electron chi connectivity index (χ1n) is 10.7. The number of amides is 1. The number of hydrogen-bond donors (Lipinski definition) is 1. The van der Waals surface area contributed by atoms with E-state index in [1.54, 1.807) is 0 Å². The maximum atomic E-state index is 13.1. The van der Waals surface area contributed by atoms with Gasteiger partial charge in [-0.15, -0.1) is 0 Å². The first-order chi connectivity index (χ1) is 13.8. The first kappa shape index (κ1) is 17.8. The fraction of sp³-hybridized carbons (Fsp3) is 0.522. The molecule has 1 fully saturated rings. The van der Waals surface area contributed by atoms with Gasteiger partial charge in [0.1, 0.15) is 0 Å². The molecule has 0 spiro atoms. The zero-order chi connectivity index (χ0) is 18.9. The molecular weight excluding hydrogens is 348 g/mol. The first-order valence-corrected chi connectivity index (χ1v) is 10.7. The molecule has 5 rings (SSSR count). The molecule has 5 heteroatoms. The lowest BCUT2D eigenvalue weighted by Crippen LogP contribution is -2.33. The lowest BCUT2D eigenvalue weighted by molar-refractivity contribution is -0.131. The Balaban J connectivity index is 1.33. The number of carbonyl (C=O) groups is 1. The van der Waals surface area contributed by atoms with Crippen LogP contribution >= 0.6 is 0 Å². The molecule has 28 heavy (non-hydrogen) atoms. The van der Waals surface area contributed by atoms with Gasteiger partial charge in [0.05, 0.1) is 12.5 Å². The summed E-state index contributed by atoms with van der Waals surface area (Å²) in [7, 11) is 0. The van der Waals surface area contributed by atoms with Crippen LogP contribution in [0.5, 0.6) is 0 Å². The van der Waals surface area contributed by atoms with Gasteiger partial charge in [-0.2, -0.15) is 0 Å². The summed E-state index contributed by atoms with van der Waals surface area (Å²) in [6.07, 6.45) is 10.3. The predicted molar refractivity (Wildman–Crippen MR) is 108 cm³/mol. The predicted octanol–water partition coefficient (Wildman–Crippen LogP) is 2.91. The van der Waals surface area contributed by atoms with Crippen LogP contribution in [0.1, 0.15) is 65.5 Å². The Morgan fingerprint density at radius 2 is 2.00 bits per heavy atom. The third-order valence-corrected chi connectivity index (χ3v) is 6.47. The van der Waals surface area contributed by atoms with Gasteiger partial charge in [0.15, 0.2) is 5.82 Å². The van der Waals surface area contributed by atoms with Crippen LogP contribution in [0.25, 0.3) is 0 Å². The molecule has 2 aliphatic heterocycles. The maximum Gasteiger partial charge on any atom is 0.227 e. The van der Waals surface area contributed by atoms with Gasteiger partial charge < -0.3 is 10.2 Å². The molecule has 1 unspecified atom stereocenters. The van der Waals surface area contributed by atoms with Crippen LogP contribution in [0.3, 0.4) is 0 Å². The van der Waals surface area contributed by atoms with Crippen LogP contribution in [0, 0.1) is 0 Å². The van der Waals surface area contributed by atoms with E-state index in [2.05, 4.69) is 28.5 Å². The van der Waals surface area contributed by atoms with Crippen LogP contribution in [0.4, 0.5) is 0 Å². The van der Waals surface area contributed by atoms with E-state index in [-0.39, 0.29) is 11.9 Å². The number of benzene rings is 1. The minimum atomic E-state index is 0.0327. The monoisotopic (exact) mass is 376 g/mol. The summed E-state index contributed by atoms with van der Waals surface area (Å²) in [4.78, 5) is 24.6. The second-order valence-corrected chi connectivity index (χ2v) is 8.36. The van der Waals surface area contributed by atoms with Crippen LogP contribution in [-0.4, -0.2) is 33.9 Å². The van der Waals surface area contributed by atoms with Crippen molar-refractivity contribution in [1.82, 2.24) is 20.2 Å². The largest absolute Gasteiger partial charge is 0.332 e. The fourth-order valence-electron chi connectivity index (χ4n) is 4.92. The molecule has 5 nitrogen and oxygen atoms in total. The van der Waals surface area contributed by atoms with Crippen molar-refractivity contribution < 1.29 is 4.79 Å². The Morgan fingerprint density at radius 1 is 1.11 bits per heavy atom. The van der Waals surface area contributed by atoms with Crippen LogP contribution in [0.2, 0.25) is 0 Å². The molecule has 1 aliphatic carbocycles. The molecular formula is C23H28N4O. The van der Waals surface area contributed by atoms with E-state index in [0.717, 1.165) is 62.4 Å². The van der Waals surface area contributed by atoms with Crippen molar-refractivity contribution in [2.75, 3.05) is 13.1 Å². The molecule has 1 N–H and O–H groups in total. The Kier molecular flexibility index (Phi) is 4.85. The summed E-state index contributed by atoms with van der Waals surface area (Å²) < 4.78 is 0. The van der Waals surface area contributed by atoms with E-state index in [1.807, 2.05) is 11.1 Å². The fourth-order valence-corrected chi connectivity index (χ4v) is 4.92. The number of likely N-dealkylation sites (tertiary alicyclic amines) is 1. The van der Waals surface area contributed by atoms with Gasteiger partial charge in [0, 0.05) is 43.5 Å². The van der Waals surface area contributed by atoms with E-state index >= 15 is 0 Å². The number of aromatic nitrogens is 2. The van der Waals surface area contributed by atoms with E-state index < -0.39 is 0 Å². The van der Waals surface area contributed by atoms with Crippen molar-refractivity contribution in [1.29, 1.82) is 0 Å². The number of carbonyl (C=O) groups excluding carboxylic acids is 1. The lowest BCUT2D eigenvalue weighted by atomic mass is 9.90. The molecule has 0 saturated carbocycles. The van der Waals surface area contributed by atoms with E-state index in [1.165, 1.54) is 36.0 Å². The number of nitrogens with zero attached hydrogens (tertiary/aromatic N) is 3. The second-order valence-electron chi connectivity index (χ2n) is 8.36. The van der Waals surface area contributed by atoms with Gasteiger partial charge in [-0.25, -0.2) is 9.97 Å². The molecule has 1 atom stereocenters. The maximum absolute atomic E-state index is 13.1. The van der Waals surface area contributed by atoms with Gasteiger partial charge in [-0.1, -0.05) is 18.2 Å². The second kappa shape index (κ2) is 7.63. The molecule has 1 aromatic carbocycles. The summed E-state index contributed by atoms with van der Waals surface area (Å²) in [5.74, 6) is 1.04. The molecule has 3 heterocycles. The highest BCUT2D eigenvalue weighted by atomic mass is 16.2. The Labute approximate surface area is 166 Å². The van der Waals surface area contributed by atoms with Gasteiger partial charge in [0.2, 0.25) is 5.91 Å². The number of nitrogens with one attached hydrogen (secondary N) is 1. The topological polar surface area (TPSA) is 58.1 Å². The summed E-state index contributed by atoms with van der Waals surface area (Å²) >= 11 is 0. The molecule has 3 aliphatic rings. The molecule has 0 radical (unpaired) electrons. The molecule has 1 amide bonds. The SMILES string of the molecule is O=C(Cc1ccc2c(c1)CCCC2)N1CCCC1c1ncc2c(n1)CCNC2. The van der Waals surface area contributed by atoms with Gasteiger partial charge >= 0.3 is 0 Å². The third kappa shape index (κ3) is 3.44. The number of hydrogen-bond acceptors (Lipinski definition) is 4. The molecule has 2 aromatic rings. The zero-order valence-corrected chi connectivity index (χ0v) is 16.4. The Morgan fingerprint density at radius 3 is 2.93 bits per heavy atom. The lowest BCUT2D eigenvalue weighted by Gasteiger charge is -2.25. The molecule has 0 bridgehead atoms. The van der Waals surface area contributed by atoms with E-state index in [9.17, 15) is 4.79 Å². The van der Waals surface area contributed by atoms with Crippen molar-refractivity contribution in [2.24, 2.45) is 0 Å². The highest BCUT2D eigenvalue weighted by Gasteiger charge is 2.32. The quantitative estimate of drug-likeness (QED) is 0.895. The van der Waals surface area contributed by atoms with Crippen molar-refractivity contribution in [2.45, 2.75) is 64.0 Å². The van der Waals surface area contributed by atoms with Crippen LogP contribution < -0.4 is 5.32 Å². The van der Waals surface area contributed by atoms with Gasteiger partial charge in [-0.3, -0.25) is 4.79 Å². The summed E-state index contributed by atoms with van der Waals surface area (Å²) in [6, 6.07) is 6.68. The molecule has 1 saturated heterocycles. The minimum absolute atomic E-state index is 0.0327. The normalized spacial score (nSPS) is 21.3. The van der Waals surface area contributed by atoms with E-state index in [4.69, 9.17) is 4.98 Å². The van der Waals surface area contributed by atoms with Crippen molar-refractivity contribution in [3.63, 3.8) is 0 Å². The highest BCUT2D eigenvalue weighted by molar-refractivity contribution is 5.79. The Bertz CT molecular complexity index is 894. The number of aryl methyl sites for hydroxylation is 2. The molecule has 146 valence electrons. The van der Waals surface area contributed by atoms with Crippen LogP contribution in [0.15, 0.2) is 24.4 Å². The standard InChI is InChI=1S/C23H28N4O/c28-22(13-16-7-8-17-4-1-2-5-18(17)12-16)27-11-3-6-21(27)23-25-15-19-14-24-10-9-20(19)26-23/h7-8,12,15,21,24H,1-6,9-11,13-14H2. The van der Waals surface area contributed by atoms with Gasteiger partial charge in [-0.05, 0) is 55.2 Å². The van der Waals surface area contributed by atoms with E-state index in [0.29, 0.717) is 6.42 Å². The average molecular weight is 377 g/mol. The smallest absolute Gasteiger partial charge is 0.227 e. The minimum Gasteiger partial charge on any atom is -0.332 e. The molecule has 1 aromatic heterocycles. The number of fused-ring (bicyclic) bond motifs is 2. The van der Waals surface area contributed by atoms with Crippen molar-refractivity contribution in [3.05, 3.63) is 58.2 Å². The van der Waals surface area contributed by atoms with Crippen LogP contribution in [-0.2, 0) is 37.0 Å². The Hall–Kier alpha value is -2.27. The van der Waals surface area contributed by atoms with Crippen molar-refractivity contribution >= 4 is 5.91 Å². The average Bonchev–Trinajstić information content (AvgIpc) is 3.23. The van der Waals surface area contributed by atoms with Crippen molar-refractivity contribution in [3.8, 4) is 0 Å². The summed E-state index contributed by atoms with van der Waals surface area (Å²) in [6.45, 7) is 2.63.